The number of nitrogens with zero attached hydrogens (tertiary/aromatic N) is 3. The van der Waals surface area contributed by atoms with Crippen molar-refractivity contribution >= 4 is 43.9 Å². The lowest BCUT2D eigenvalue weighted by molar-refractivity contribution is 0.670. The van der Waals surface area contributed by atoms with Crippen LogP contribution in [-0.4, -0.2) is 15.0 Å². The van der Waals surface area contributed by atoms with Crippen LogP contribution in [0, 0.1) is 0 Å². The van der Waals surface area contributed by atoms with Gasteiger partial charge in [0.2, 0.25) is 0 Å². The second kappa shape index (κ2) is 14.7. The van der Waals surface area contributed by atoms with Crippen molar-refractivity contribution in [3.8, 4) is 78.7 Å². The molecule has 3 aromatic heterocycles. The summed E-state index contributed by atoms with van der Waals surface area (Å²) in [5.41, 5.74) is 14.4. The van der Waals surface area contributed by atoms with Crippen molar-refractivity contribution in [2.75, 3.05) is 0 Å². The highest BCUT2D eigenvalue weighted by Crippen LogP contribution is 2.45. The normalized spacial score (nSPS) is 11.5. The molecule has 3 heterocycles. The highest BCUT2D eigenvalue weighted by molar-refractivity contribution is 6.19. The van der Waals surface area contributed by atoms with E-state index < -0.39 is 0 Å². The van der Waals surface area contributed by atoms with Gasteiger partial charge < -0.3 is 8.83 Å². The van der Waals surface area contributed by atoms with Gasteiger partial charge in [-0.3, -0.25) is 0 Å². The van der Waals surface area contributed by atoms with Crippen molar-refractivity contribution in [1.29, 1.82) is 0 Å². The molecule has 12 aromatic rings. The van der Waals surface area contributed by atoms with Gasteiger partial charge in [0.25, 0.3) is 0 Å². The van der Waals surface area contributed by atoms with Gasteiger partial charge in [-0.25, -0.2) is 15.0 Å². The summed E-state index contributed by atoms with van der Waals surface area (Å²) in [7, 11) is 0. The SMILES string of the molecule is c1ccc(-c2nc(-c3ccc4oc5c(-c6ccccc6)ccc(-c6ccccc6)c5c4c3)nc(-c3cccc4c3oc3c(-c5ccccc5)ccc(-c5ccccc5)c34)n2)cc1. The molecule has 0 aliphatic rings. The molecule has 0 bridgehead atoms. The Morgan fingerprint density at radius 1 is 0.258 bits per heavy atom. The van der Waals surface area contributed by atoms with Crippen molar-refractivity contribution in [2.45, 2.75) is 0 Å². The van der Waals surface area contributed by atoms with E-state index in [4.69, 9.17) is 23.8 Å². The van der Waals surface area contributed by atoms with E-state index in [2.05, 4.69) is 140 Å². The maximum Gasteiger partial charge on any atom is 0.167 e. The molecule has 0 amide bonds. The number of fused-ring (bicyclic) bond motifs is 6. The van der Waals surface area contributed by atoms with Crippen LogP contribution in [0.4, 0.5) is 0 Å². The lowest BCUT2D eigenvalue weighted by Gasteiger charge is -2.10. The number of hydrogen-bond donors (Lipinski definition) is 0. The van der Waals surface area contributed by atoms with Gasteiger partial charge in [-0.15, -0.1) is 0 Å². The van der Waals surface area contributed by atoms with Gasteiger partial charge in [0.05, 0.1) is 5.56 Å². The van der Waals surface area contributed by atoms with Crippen LogP contribution in [0.5, 0.6) is 0 Å². The summed E-state index contributed by atoms with van der Waals surface area (Å²) >= 11 is 0. The summed E-state index contributed by atoms with van der Waals surface area (Å²) < 4.78 is 13.8. The molecule has 0 aliphatic heterocycles. The van der Waals surface area contributed by atoms with Crippen LogP contribution >= 0.6 is 0 Å². The molecule has 290 valence electrons. The molecular formula is C57H35N3O2. The Bertz CT molecular complexity index is 3600. The van der Waals surface area contributed by atoms with Gasteiger partial charge in [-0.2, -0.15) is 0 Å². The fraction of sp³-hybridized carbons (Fsp3) is 0. The van der Waals surface area contributed by atoms with Crippen LogP contribution in [0.3, 0.4) is 0 Å². The van der Waals surface area contributed by atoms with E-state index >= 15 is 0 Å². The largest absolute Gasteiger partial charge is 0.455 e. The third-order valence-corrected chi connectivity index (χ3v) is 11.8. The summed E-state index contributed by atoms with van der Waals surface area (Å²) in [5, 5.41) is 4.07. The lowest BCUT2D eigenvalue weighted by atomic mass is 9.94. The first kappa shape index (κ1) is 35.5. The molecule has 5 nitrogen and oxygen atoms in total. The Kier molecular flexibility index (Phi) is 8.42. The van der Waals surface area contributed by atoms with Crippen LogP contribution in [0.1, 0.15) is 0 Å². The predicted octanol–water partition coefficient (Wildman–Crippen LogP) is 15.3. The second-order valence-corrected chi connectivity index (χ2v) is 15.5. The van der Waals surface area contributed by atoms with Crippen molar-refractivity contribution in [3.05, 3.63) is 212 Å². The molecule has 0 radical (unpaired) electrons. The fourth-order valence-electron chi connectivity index (χ4n) is 8.85. The molecule has 0 unspecified atom stereocenters. The van der Waals surface area contributed by atoms with Crippen molar-refractivity contribution in [2.24, 2.45) is 0 Å². The van der Waals surface area contributed by atoms with Gasteiger partial charge in [0, 0.05) is 43.8 Å². The predicted molar refractivity (Wildman–Crippen MR) is 252 cm³/mol. The molecule has 5 heteroatoms. The van der Waals surface area contributed by atoms with Crippen LogP contribution in [0.25, 0.3) is 123 Å². The number of furan rings is 2. The molecule has 0 saturated heterocycles. The molecular weight excluding hydrogens is 759 g/mol. The van der Waals surface area contributed by atoms with Gasteiger partial charge in [0.15, 0.2) is 17.5 Å². The van der Waals surface area contributed by atoms with Gasteiger partial charge in [-0.05, 0) is 69.8 Å². The van der Waals surface area contributed by atoms with E-state index in [9.17, 15) is 0 Å². The first-order valence-corrected chi connectivity index (χ1v) is 20.8. The Morgan fingerprint density at radius 3 is 1.24 bits per heavy atom. The Hall–Kier alpha value is -8.41. The lowest BCUT2D eigenvalue weighted by Crippen LogP contribution is -2.00. The minimum Gasteiger partial charge on any atom is -0.455 e. The molecule has 9 aromatic carbocycles. The van der Waals surface area contributed by atoms with Crippen LogP contribution in [0.2, 0.25) is 0 Å². The quantitative estimate of drug-likeness (QED) is 0.161. The first-order valence-electron chi connectivity index (χ1n) is 20.8. The molecule has 0 spiro atoms. The summed E-state index contributed by atoms with van der Waals surface area (Å²) in [6.07, 6.45) is 0. The van der Waals surface area contributed by atoms with Crippen molar-refractivity contribution in [3.63, 3.8) is 0 Å². The smallest absolute Gasteiger partial charge is 0.167 e. The van der Waals surface area contributed by atoms with E-state index in [1.54, 1.807) is 0 Å². The third-order valence-electron chi connectivity index (χ3n) is 11.8. The topological polar surface area (TPSA) is 65.0 Å². The summed E-state index contributed by atoms with van der Waals surface area (Å²) in [5.74, 6) is 1.64. The number of benzene rings is 9. The first-order chi connectivity index (χ1) is 30.7. The molecule has 62 heavy (non-hydrogen) atoms. The number of aromatic nitrogens is 3. The zero-order valence-electron chi connectivity index (χ0n) is 33.4. The van der Waals surface area contributed by atoms with E-state index in [0.29, 0.717) is 17.5 Å². The molecule has 0 fully saturated rings. The zero-order valence-corrected chi connectivity index (χ0v) is 33.4. The van der Waals surface area contributed by atoms with Crippen LogP contribution in [-0.2, 0) is 0 Å². The van der Waals surface area contributed by atoms with Crippen molar-refractivity contribution in [1.82, 2.24) is 15.0 Å². The minimum absolute atomic E-state index is 0.523. The van der Waals surface area contributed by atoms with Crippen molar-refractivity contribution < 1.29 is 8.83 Å². The third kappa shape index (κ3) is 5.98. The van der Waals surface area contributed by atoms with Crippen LogP contribution < -0.4 is 0 Å². The molecule has 0 saturated carbocycles. The number of hydrogen-bond acceptors (Lipinski definition) is 5. The fourth-order valence-corrected chi connectivity index (χ4v) is 8.85. The molecule has 0 atom stereocenters. The molecule has 0 aliphatic carbocycles. The monoisotopic (exact) mass is 793 g/mol. The van der Waals surface area contributed by atoms with Crippen LogP contribution in [0.15, 0.2) is 221 Å². The maximum absolute atomic E-state index is 7.06. The summed E-state index contributed by atoms with van der Waals surface area (Å²) in [6.45, 7) is 0. The number of para-hydroxylation sites is 1. The second-order valence-electron chi connectivity index (χ2n) is 15.5. The summed E-state index contributed by atoms with van der Waals surface area (Å²) in [4.78, 5) is 15.6. The number of rotatable bonds is 7. The minimum atomic E-state index is 0.523. The van der Waals surface area contributed by atoms with Gasteiger partial charge in [-0.1, -0.05) is 176 Å². The van der Waals surface area contributed by atoms with Gasteiger partial charge in [0.1, 0.15) is 22.3 Å². The highest BCUT2D eigenvalue weighted by atomic mass is 16.3. The average Bonchev–Trinajstić information content (AvgIpc) is 3.94. The van der Waals surface area contributed by atoms with E-state index in [0.717, 1.165) is 105 Å². The molecule has 12 rings (SSSR count). The van der Waals surface area contributed by atoms with Gasteiger partial charge >= 0.3 is 0 Å². The van der Waals surface area contributed by atoms with E-state index in [-0.39, 0.29) is 0 Å². The Morgan fingerprint density at radius 2 is 0.694 bits per heavy atom. The maximum atomic E-state index is 7.06. The Balaban J connectivity index is 1.10. The standard InChI is InChI=1S/C57H35N3O2/c1-6-17-36(18-7-1)42-30-33-45(39-23-12-4-13-24-39)54-50(42)46-27-16-28-47(52(46)62-54)57-59-55(40-25-14-5-15-26-40)58-56(60-57)41-29-34-49-48(35-41)51-43(37-19-8-2-9-20-37)31-32-44(53(51)61-49)38-21-10-3-11-22-38/h1-35H. The average molecular weight is 794 g/mol. The molecule has 0 N–H and O–H groups in total. The zero-order chi connectivity index (χ0) is 41.0. The van der Waals surface area contributed by atoms with E-state index in [1.165, 1.54) is 0 Å². The summed E-state index contributed by atoms with van der Waals surface area (Å²) in [6, 6.07) is 73.1. The highest BCUT2D eigenvalue weighted by Gasteiger charge is 2.23. The Labute approximate surface area is 357 Å². The van der Waals surface area contributed by atoms with E-state index in [1.807, 2.05) is 72.8 Å².